The Bertz CT molecular complexity index is 621. The summed E-state index contributed by atoms with van der Waals surface area (Å²) in [5.41, 5.74) is -0.0548. The van der Waals surface area contributed by atoms with Gasteiger partial charge in [0.15, 0.2) is 11.6 Å². The number of carbonyl (C=O) groups excluding carboxylic acids is 1. The zero-order chi connectivity index (χ0) is 16.4. The maximum atomic E-state index is 14.4. The van der Waals surface area contributed by atoms with Gasteiger partial charge in [0.05, 0.1) is 18.8 Å². The van der Waals surface area contributed by atoms with Gasteiger partial charge in [-0.15, -0.1) is 8.58 Å². The molecule has 2 aliphatic heterocycles. The molecular weight excluding hydrogens is 327 g/mol. The van der Waals surface area contributed by atoms with Crippen LogP contribution in [-0.4, -0.2) is 51.1 Å². The third-order valence-electron chi connectivity index (χ3n) is 3.59. The average Bonchev–Trinajstić information content (AvgIpc) is 2.89. The number of benzene rings is 1. The average molecular weight is 343 g/mol. The molecule has 124 valence electrons. The molecule has 9 heteroatoms. The van der Waals surface area contributed by atoms with E-state index in [1.807, 2.05) is 6.66 Å². The molecule has 3 rings (SSSR count). The fourth-order valence-electron chi connectivity index (χ4n) is 2.56. The van der Waals surface area contributed by atoms with Crippen LogP contribution in [0.25, 0.3) is 0 Å². The molecule has 0 radical (unpaired) electrons. The lowest BCUT2D eigenvalue weighted by atomic mass is 10.2. The molecule has 0 spiro atoms. The van der Waals surface area contributed by atoms with Gasteiger partial charge in [-0.25, -0.2) is 13.6 Å². The van der Waals surface area contributed by atoms with Crippen molar-refractivity contribution in [3.8, 4) is 0 Å². The summed E-state index contributed by atoms with van der Waals surface area (Å²) in [6, 6.07) is 2.28. The van der Waals surface area contributed by atoms with Gasteiger partial charge < -0.3 is 14.5 Å². The minimum atomic E-state index is -0.762. The largest absolute Gasteiger partial charge is 0.444 e. The Kier molecular flexibility index (Phi) is 4.61. The minimum Gasteiger partial charge on any atom is -0.444 e. The summed E-state index contributed by atoms with van der Waals surface area (Å²) in [5.74, 6) is -1.52. The number of hydrogen-bond acceptors (Lipinski definition) is 5. The van der Waals surface area contributed by atoms with Crippen molar-refractivity contribution in [2.45, 2.75) is 6.10 Å². The van der Waals surface area contributed by atoms with E-state index in [0.717, 1.165) is 18.3 Å². The predicted molar refractivity (Wildman–Crippen MR) is 84.9 cm³/mol. The summed E-state index contributed by atoms with van der Waals surface area (Å²) in [7, 11) is 0.640. The molecule has 6 nitrogen and oxygen atoms in total. The molecule has 2 heterocycles. The standard InChI is InChI=1S/C14H16F2N3O3P/c1-23-7-10-6-19(14(20)22-10)9-4-11(15)13(12(16)5-9)18-2-3-21-17-8-18/h4-5,8,10,23H,2-3,6-7H2,1H3. The summed E-state index contributed by atoms with van der Waals surface area (Å²) >= 11 is 0. The summed E-state index contributed by atoms with van der Waals surface area (Å²) in [6.45, 7) is 2.85. The first kappa shape index (κ1) is 15.9. The van der Waals surface area contributed by atoms with Crippen molar-refractivity contribution in [1.82, 2.24) is 0 Å². The predicted octanol–water partition coefficient (Wildman–Crippen LogP) is 2.38. The molecule has 23 heavy (non-hydrogen) atoms. The highest BCUT2D eigenvalue weighted by Crippen LogP contribution is 2.31. The number of ether oxygens (including phenoxy) is 1. The van der Waals surface area contributed by atoms with E-state index in [9.17, 15) is 13.6 Å². The van der Waals surface area contributed by atoms with Crippen LogP contribution in [0.1, 0.15) is 0 Å². The van der Waals surface area contributed by atoms with Crippen molar-refractivity contribution >= 4 is 32.4 Å². The Morgan fingerprint density at radius 2 is 2.13 bits per heavy atom. The molecule has 1 amide bonds. The zero-order valence-electron chi connectivity index (χ0n) is 12.5. The lowest BCUT2D eigenvalue weighted by Gasteiger charge is -2.24. The molecule has 2 aliphatic rings. The van der Waals surface area contributed by atoms with E-state index in [1.165, 1.54) is 16.1 Å². The van der Waals surface area contributed by atoms with Crippen molar-refractivity contribution in [2.24, 2.45) is 5.16 Å². The van der Waals surface area contributed by atoms with Gasteiger partial charge >= 0.3 is 6.09 Å². The number of anilines is 2. The number of hydrogen-bond donors (Lipinski definition) is 0. The smallest absolute Gasteiger partial charge is 0.414 e. The fraction of sp³-hybridized carbons (Fsp3) is 0.429. The van der Waals surface area contributed by atoms with Gasteiger partial charge in [-0.2, -0.15) is 0 Å². The summed E-state index contributed by atoms with van der Waals surface area (Å²) in [4.78, 5) is 19.2. The highest BCUT2D eigenvalue weighted by atomic mass is 31.1. The first-order valence-electron chi connectivity index (χ1n) is 7.14. The van der Waals surface area contributed by atoms with Crippen LogP contribution in [0, 0.1) is 11.6 Å². The second kappa shape index (κ2) is 6.66. The van der Waals surface area contributed by atoms with Gasteiger partial charge in [0.1, 0.15) is 24.7 Å². The van der Waals surface area contributed by atoms with Crippen LogP contribution in [0.5, 0.6) is 0 Å². The molecule has 0 aliphatic carbocycles. The molecule has 2 unspecified atom stereocenters. The highest BCUT2D eigenvalue weighted by Gasteiger charge is 2.33. The maximum Gasteiger partial charge on any atom is 0.414 e. The Balaban J connectivity index is 1.86. The van der Waals surface area contributed by atoms with Crippen LogP contribution >= 0.6 is 8.58 Å². The number of oxime groups is 1. The van der Waals surface area contributed by atoms with Crippen LogP contribution in [0.2, 0.25) is 0 Å². The maximum absolute atomic E-state index is 14.4. The van der Waals surface area contributed by atoms with E-state index in [4.69, 9.17) is 9.57 Å². The third kappa shape index (κ3) is 3.22. The monoisotopic (exact) mass is 343 g/mol. The molecule has 1 aromatic rings. The highest BCUT2D eigenvalue weighted by molar-refractivity contribution is 7.37. The quantitative estimate of drug-likeness (QED) is 0.788. The molecule has 1 saturated heterocycles. The van der Waals surface area contributed by atoms with Crippen molar-refractivity contribution in [1.29, 1.82) is 0 Å². The molecular formula is C14H16F2N3O3P. The number of carbonyl (C=O) groups is 1. The summed E-state index contributed by atoms with van der Waals surface area (Å²) in [6.07, 6.45) is 1.17. The first-order valence-corrected chi connectivity index (χ1v) is 8.84. The van der Waals surface area contributed by atoms with E-state index in [0.29, 0.717) is 21.7 Å². The first-order chi connectivity index (χ1) is 11.1. The van der Waals surface area contributed by atoms with Gasteiger partial charge in [0.2, 0.25) is 0 Å². The molecule has 2 atom stereocenters. The fourth-order valence-corrected chi connectivity index (χ4v) is 3.23. The molecule has 0 saturated carbocycles. The summed E-state index contributed by atoms with van der Waals surface area (Å²) < 4.78 is 33.9. The van der Waals surface area contributed by atoms with E-state index in [1.54, 1.807) is 0 Å². The van der Waals surface area contributed by atoms with Gasteiger partial charge in [-0.05, 0) is 6.66 Å². The minimum absolute atomic E-state index is 0.154. The number of rotatable bonds is 4. The number of cyclic esters (lactones) is 1. The van der Waals surface area contributed by atoms with Gasteiger partial charge in [0.25, 0.3) is 0 Å². The van der Waals surface area contributed by atoms with Crippen molar-refractivity contribution in [3.05, 3.63) is 23.8 Å². The van der Waals surface area contributed by atoms with Crippen LogP contribution in [0.3, 0.4) is 0 Å². The number of halogens is 2. The van der Waals surface area contributed by atoms with E-state index < -0.39 is 17.7 Å². The van der Waals surface area contributed by atoms with Crippen molar-refractivity contribution < 1.29 is 23.1 Å². The van der Waals surface area contributed by atoms with Crippen LogP contribution < -0.4 is 9.80 Å². The van der Waals surface area contributed by atoms with Gasteiger partial charge in [-0.1, -0.05) is 5.16 Å². The molecule has 0 aromatic heterocycles. The van der Waals surface area contributed by atoms with E-state index in [-0.39, 0.29) is 24.1 Å². The molecule has 0 bridgehead atoms. The second-order valence-corrected chi connectivity index (χ2v) is 6.29. The summed E-state index contributed by atoms with van der Waals surface area (Å²) in [5, 5.41) is 3.54. The van der Waals surface area contributed by atoms with E-state index in [2.05, 4.69) is 5.16 Å². The zero-order valence-corrected chi connectivity index (χ0v) is 13.5. The van der Waals surface area contributed by atoms with Crippen LogP contribution in [0.15, 0.2) is 17.3 Å². The van der Waals surface area contributed by atoms with Crippen molar-refractivity contribution in [2.75, 3.05) is 42.3 Å². The Morgan fingerprint density at radius 3 is 2.74 bits per heavy atom. The molecule has 0 N–H and O–H groups in total. The van der Waals surface area contributed by atoms with Crippen molar-refractivity contribution in [3.63, 3.8) is 0 Å². The van der Waals surface area contributed by atoms with Crippen LogP contribution in [-0.2, 0) is 9.57 Å². The SMILES string of the molecule is CPCC1CN(c2cc(F)c(N3C=NOCC3)c(F)c2)C(=O)O1. The second-order valence-electron chi connectivity index (χ2n) is 5.18. The van der Waals surface area contributed by atoms with E-state index >= 15 is 0 Å². The third-order valence-corrected chi connectivity index (χ3v) is 4.45. The Morgan fingerprint density at radius 1 is 1.39 bits per heavy atom. The van der Waals surface area contributed by atoms with Gasteiger partial charge in [0, 0.05) is 18.3 Å². The van der Waals surface area contributed by atoms with Crippen LogP contribution in [0.4, 0.5) is 25.0 Å². The Labute approximate surface area is 133 Å². The number of amides is 1. The topological polar surface area (TPSA) is 54.4 Å². The lowest BCUT2D eigenvalue weighted by molar-refractivity contribution is 0.144. The van der Waals surface area contributed by atoms with Gasteiger partial charge in [-0.3, -0.25) is 4.90 Å². The molecule has 1 fully saturated rings. The number of nitrogens with zero attached hydrogens (tertiary/aromatic N) is 3. The Hall–Kier alpha value is -1.95. The lowest BCUT2D eigenvalue weighted by Crippen LogP contribution is -2.31. The normalized spacial score (nSPS) is 21.2. The molecule has 1 aromatic carbocycles.